The zero-order chi connectivity index (χ0) is 15.8. The first-order chi connectivity index (χ1) is 10.0. The number of likely N-dealkylation sites (N-methyl/N-ethyl adjacent to an activating group) is 1. The van der Waals surface area contributed by atoms with Gasteiger partial charge in [-0.3, -0.25) is 14.5 Å². The van der Waals surface area contributed by atoms with Crippen molar-refractivity contribution < 1.29 is 14.3 Å². The van der Waals surface area contributed by atoms with Crippen LogP contribution in [-0.2, 0) is 14.3 Å². The maximum absolute atomic E-state index is 12.3. The van der Waals surface area contributed by atoms with Crippen molar-refractivity contribution in [1.82, 2.24) is 9.80 Å². The Kier molecular flexibility index (Phi) is 7.17. The van der Waals surface area contributed by atoms with Crippen LogP contribution < -0.4 is 0 Å². The van der Waals surface area contributed by atoms with Crippen molar-refractivity contribution in [2.24, 2.45) is 5.92 Å². The fourth-order valence-electron chi connectivity index (χ4n) is 2.61. The molecular weight excluding hydrogens is 270 g/mol. The molecule has 1 aliphatic rings. The van der Waals surface area contributed by atoms with E-state index < -0.39 is 0 Å². The number of carbonyl (C=O) groups excluding carboxylic acids is 2. The molecule has 0 aromatic rings. The Morgan fingerprint density at radius 1 is 1.52 bits per heavy atom. The summed E-state index contributed by atoms with van der Waals surface area (Å²) >= 11 is 0. The largest absolute Gasteiger partial charge is 0.466 e. The van der Waals surface area contributed by atoms with Gasteiger partial charge in [-0.1, -0.05) is 0 Å². The van der Waals surface area contributed by atoms with E-state index in [1.165, 1.54) is 0 Å². The standard InChI is InChI=1S/C15H25N3O3/c1-4-21-15(20)13-7-5-10-18(11-13)12(2)14(19)17(3)9-6-8-16/h12-13H,4-7,9-11H2,1-3H3. The van der Waals surface area contributed by atoms with Crippen LogP contribution >= 0.6 is 0 Å². The van der Waals surface area contributed by atoms with Gasteiger partial charge in [0.25, 0.3) is 0 Å². The summed E-state index contributed by atoms with van der Waals surface area (Å²) in [5.74, 6) is -0.312. The molecule has 1 saturated heterocycles. The highest BCUT2D eigenvalue weighted by atomic mass is 16.5. The maximum atomic E-state index is 12.3. The fourth-order valence-corrected chi connectivity index (χ4v) is 2.61. The van der Waals surface area contributed by atoms with Gasteiger partial charge in [-0.05, 0) is 33.2 Å². The smallest absolute Gasteiger partial charge is 0.310 e. The van der Waals surface area contributed by atoms with Gasteiger partial charge in [-0.25, -0.2) is 0 Å². The SMILES string of the molecule is CCOC(=O)C1CCCN(C(C)C(=O)N(C)CCC#N)C1. The molecule has 0 bridgehead atoms. The Balaban J connectivity index is 2.57. The van der Waals surface area contributed by atoms with E-state index in [0.29, 0.717) is 26.1 Å². The Morgan fingerprint density at radius 2 is 2.24 bits per heavy atom. The van der Waals surface area contributed by atoms with Gasteiger partial charge in [0, 0.05) is 20.1 Å². The topological polar surface area (TPSA) is 73.6 Å². The Labute approximate surface area is 126 Å². The summed E-state index contributed by atoms with van der Waals surface area (Å²) in [4.78, 5) is 27.8. The molecule has 1 heterocycles. The Bertz CT molecular complexity index is 405. The van der Waals surface area contributed by atoms with Gasteiger partial charge < -0.3 is 9.64 Å². The molecule has 6 heteroatoms. The Hall–Kier alpha value is -1.61. The number of likely N-dealkylation sites (tertiary alicyclic amines) is 1. The van der Waals surface area contributed by atoms with Crippen LogP contribution in [0, 0.1) is 17.2 Å². The van der Waals surface area contributed by atoms with Crippen LogP contribution in [0.1, 0.15) is 33.1 Å². The number of nitrogens with zero attached hydrogens (tertiary/aromatic N) is 3. The third-order valence-electron chi connectivity index (χ3n) is 3.91. The predicted octanol–water partition coefficient (Wildman–Crippen LogP) is 1.02. The van der Waals surface area contributed by atoms with Gasteiger partial charge in [0.15, 0.2) is 0 Å². The number of nitriles is 1. The summed E-state index contributed by atoms with van der Waals surface area (Å²) in [5, 5.41) is 8.58. The summed E-state index contributed by atoms with van der Waals surface area (Å²) < 4.78 is 5.07. The van der Waals surface area contributed by atoms with Crippen LogP contribution in [0.4, 0.5) is 0 Å². The third-order valence-corrected chi connectivity index (χ3v) is 3.91. The van der Waals surface area contributed by atoms with Gasteiger partial charge in [-0.2, -0.15) is 5.26 Å². The second-order valence-electron chi connectivity index (χ2n) is 5.43. The monoisotopic (exact) mass is 295 g/mol. The zero-order valence-electron chi connectivity index (χ0n) is 13.2. The van der Waals surface area contributed by atoms with Crippen molar-refractivity contribution in [3.63, 3.8) is 0 Å². The normalized spacial score (nSPS) is 20.4. The second kappa shape index (κ2) is 8.63. The van der Waals surface area contributed by atoms with Gasteiger partial charge in [0.1, 0.15) is 0 Å². The van der Waals surface area contributed by atoms with Crippen LogP contribution in [0.25, 0.3) is 0 Å². The van der Waals surface area contributed by atoms with Crippen molar-refractivity contribution in [1.29, 1.82) is 5.26 Å². The van der Waals surface area contributed by atoms with Gasteiger partial charge >= 0.3 is 5.97 Å². The first-order valence-electron chi connectivity index (χ1n) is 7.53. The Morgan fingerprint density at radius 3 is 2.86 bits per heavy atom. The van der Waals surface area contributed by atoms with Crippen molar-refractivity contribution >= 4 is 11.9 Å². The molecule has 1 amide bonds. The second-order valence-corrected chi connectivity index (χ2v) is 5.43. The minimum atomic E-state index is -0.272. The van der Waals surface area contributed by atoms with E-state index in [4.69, 9.17) is 10.00 Å². The molecule has 2 atom stereocenters. The van der Waals surface area contributed by atoms with E-state index >= 15 is 0 Å². The lowest BCUT2D eigenvalue weighted by molar-refractivity contribution is -0.151. The van der Waals surface area contributed by atoms with Crippen LogP contribution in [0.15, 0.2) is 0 Å². The van der Waals surface area contributed by atoms with Crippen LogP contribution in [-0.4, -0.2) is 61.0 Å². The molecule has 1 aliphatic heterocycles. The van der Waals surface area contributed by atoms with Gasteiger partial charge in [0.05, 0.1) is 31.1 Å². The van der Waals surface area contributed by atoms with Crippen LogP contribution in [0.3, 0.4) is 0 Å². The minimum absolute atomic E-state index is 0.00485. The van der Waals surface area contributed by atoms with Crippen molar-refractivity contribution in [3.05, 3.63) is 0 Å². The van der Waals surface area contributed by atoms with Gasteiger partial charge in [-0.15, -0.1) is 0 Å². The number of piperidine rings is 1. The zero-order valence-corrected chi connectivity index (χ0v) is 13.2. The summed E-state index contributed by atoms with van der Waals surface area (Å²) in [7, 11) is 1.71. The fraction of sp³-hybridized carbons (Fsp3) is 0.800. The highest BCUT2D eigenvalue weighted by Crippen LogP contribution is 2.20. The molecule has 0 spiro atoms. The molecule has 1 rings (SSSR count). The summed E-state index contributed by atoms with van der Waals surface area (Å²) in [6.07, 6.45) is 2.05. The van der Waals surface area contributed by atoms with Crippen LogP contribution in [0.5, 0.6) is 0 Å². The predicted molar refractivity (Wildman–Crippen MR) is 78.3 cm³/mol. The number of hydrogen-bond donors (Lipinski definition) is 0. The number of amides is 1. The average molecular weight is 295 g/mol. The molecule has 118 valence electrons. The molecule has 0 N–H and O–H groups in total. The minimum Gasteiger partial charge on any atom is -0.466 e. The quantitative estimate of drug-likeness (QED) is 0.684. The molecule has 0 aromatic heterocycles. The summed E-state index contributed by atoms with van der Waals surface area (Å²) in [6, 6.07) is 1.77. The van der Waals surface area contributed by atoms with Gasteiger partial charge in [0.2, 0.25) is 5.91 Å². The first-order valence-corrected chi connectivity index (χ1v) is 7.53. The molecular formula is C15H25N3O3. The molecule has 1 fully saturated rings. The number of carbonyl (C=O) groups is 2. The summed E-state index contributed by atoms with van der Waals surface area (Å²) in [5.41, 5.74) is 0. The average Bonchev–Trinajstić information content (AvgIpc) is 2.51. The van der Waals surface area contributed by atoms with E-state index in [2.05, 4.69) is 0 Å². The molecule has 21 heavy (non-hydrogen) atoms. The van der Waals surface area contributed by atoms with Crippen molar-refractivity contribution in [2.45, 2.75) is 39.2 Å². The van der Waals surface area contributed by atoms with E-state index in [1.807, 2.05) is 17.9 Å². The lowest BCUT2D eigenvalue weighted by Crippen LogP contribution is -2.50. The van der Waals surface area contributed by atoms with Crippen molar-refractivity contribution in [2.75, 3.05) is 33.3 Å². The lowest BCUT2D eigenvalue weighted by atomic mass is 9.97. The molecule has 0 aromatic carbocycles. The highest BCUT2D eigenvalue weighted by Gasteiger charge is 2.32. The van der Waals surface area contributed by atoms with Crippen molar-refractivity contribution in [3.8, 4) is 6.07 Å². The number of ether oxygens (including phenoxy) is 1. The van der Waals surface area contributed by atoms with E-state index in [9.17, 15) is 9.59 Å². The first kappa shape index (κ1) is 17.4. The number of hydrogen-bond acceptors (Lipinski definition) is 5. The van der Waals surface area contributed by atoms with E-state index in [1.54, 1.807) is 18.9 Å². The molecule has 0 radical (unpaired) electrons. The molecule has 6 nitrogen and oxygen atoms in total. The van der Waals surface area contributed by atoms with E-state index in [-0.39, 0.29) is 23.8 Å². The van der Waals surface area contributed by atoms with Crippen LogP contribution in [0.2, 0.25) is 0 Å². The molecule has 0 saturated carbocycles. The molecule has 0 aliphatic carbocycles. The third kappa shape index (κ3) is 5.01. The maximum Gasteiger partial charge on any atom is 0.310 e. The number of rotatable bonds is 6. The summed E-state index contributed by atoms with van der Waals surface area (Å²) in [6.45, 7) is 5.87. The lowest BCUT2D eigenvalue weighted by Gasteiger charge is -2.36. The van der Waals surface area contributed by atoms with E-state index in [0.717, 1.165) is 19.4 Å². The highest BCUT2D eigenvalue weighted by molar-refractivity contribution is 5.81. The molecule has 2 unspecified atom stereocenters. The number of esters is 1.